The van der Waals surface area contributed by atoms with Gasteiger partial charge in [0.25, 0.3) is 0 Å². The van der Waals surface area contributed by atoms with Crippen LogP contribution in [-0.4, -0.2) is 11.1 Å². The quantitative estimate of drug-likeness (QED) is 0.222. The fourth-order valence-corrected chi connectivity index (χ4v) is 3.99. The van der Waals surface area contributed by atoms with Crippen molar-refractivity contribution >= 4 is 5.97 Å². The molecule has 0 aliphatic heterocycles. The van der Waals surface area contributed by atoms with Crippen LogP contribution < -0.4 is 0 Å². The van der Waals surface area contributed by atoms with Crippen LogP contribution in [0.25, 0.3) is 22.3 Å². The minimum absolute atomic E-state index is 0.287. The molecule has 4 rings (SSSR count). The summed E-state index contributed by atoms with van der Waals surface area (Å²) in [6, 6.07) is 26.9. The number of esters is 1. The van der Waals surface area contributed by atoms with Gasteiger partial charge in [-0.15, -0.1) is 12.8 Å². The van der Waals surface area contributed by atoms with Crippen LogP contribution in [0.5, 0.6) is 0 Å². The van der Waals surface area contributed by atoms with E-state index in [-0.39, 0.29) is 11.6 Å². The Bertz CT molecular complexity index is 1520. The molecule has 0 aliphatic carbocycles. The van der Waals surface area contributed by atoms with Crippen LogP contribution in [-0.2, 0) is 20.7 Å². The van der Waals surface area contributed by atoms with Crippen LogP contribution in [0, 0.1) is 36.3 Å². The average molecular weight is 523 g/mol. The maximum atomic E-state index is 13.7. The third kappa shape index (κ3) is 6.99. The zero-order valence-corrected chi connectivity index (χ0v) is 21.9. The van der Waals surface area contributed by atoms with Crippen molar-refractivity contribution in [1.29, 1.82) is 0 Å². The van der Waals surface area contributed by atoms with Crippen LogP contribution in [0.4, 0.5) is 8.78 Å². The Labute approximate surface area is 228 Å². The van der Waals surface area contributed by atoms with E-state index < -0.39 is 17.2 Å². The molecule has 1 N–H and O–H groups in total. The fourth-order valence-electron chi connectivity index (χ4n) is 3.99. The molecule has 2 atom stereocenters. The number of hydrogen-bond donors (Lipinski definition) is 1. The molecule has 2 unspecified atom stereocenters. The lowest BCUT2D eigenvalue weighted by molar-refractivity contribution is -0.151. The van der Waals surface area contributed by atoms with E-state index in [0.717, 1.165) is 16.7 Å². The van der Waals surface area contributed by atoms with Gasteiger partial charge in [0.05, 0.1) is 0 Å². The van der Waals surface area contributed by atoms with Crippen molar-refractivity contribution in [3.63, 3.8) is 0 Å². The van der Waals surface area contributed by atoms with Gasteiger partial charge in [-0.25, -0.2) is 8.78 Å². The smallest absolute Gasteiger partial charge is 0.304 e. The molecule has 0 saturated heterocycles. The Morgan fingerprint density at radius 1 is 0.769 bits per heavy atom. The molecule has 0 fully saturated rings. The molecule has 3 nitrogen and oxygen atoms in total. The number of ether oxygens (including phenoxy) is 1. The fraction of sp³-hybridized carbons (Fsp3) is 0.147. The van der Waals surface area contributed by atoms with Crippen LogP contribution >= 0.6 is 0 Å². The molecule has 5 heteroatoms. The van der Waals surface area contributed by atoms with Gasteiger partial charge >= 0.3 is 5.97 Å². The van der Waals surface area contributed by atoms with Gasteiger partial charge in [0.15, 0.2) is 5.60 Å². The third-order valence-electron chi connectivity index (χ3n) is 6.13. The van der Waals surface area contributed by atoms with Gasteiger partial charge in [-0.2, -0.15) is 0 Å². The normalized spacial score (nSPS) is 13.3. The number of rotatable bonds is 5. The summed E-state index contributed by atoms with van der Waals surface area (Å²) in [5, 5.41) is 10.2. The first-order chi connectivity index (χ1) is 18.5. The number of aliphatic hydroxyl groups is 1. The Morgan fingerprint density at radius 3 is 1.82 bits per heavy atom. The van der Waals surface area contributed by atoms with Gasteiger partial charge in [0.2, 0.25) is 0 Å². The molecule has 0 aliphatic rings. The lowest BCUT2D eigenvalue weighted by Crippen LogP contribution is -2.26. The highest BCUT2D eigenvalue weighted by atomic mass is 19.1. The molecular formula is C34H28F2O3. The zero-order valence-electron chi connectivity index (χ0n) is 21.9. The molecule has 0 aromatic heterocycles. The number of carbonyl (C=O) groups is 1. The lowest BCUT2D eigenvalue weighted by atomic mass is 9.89. The molecule has 4 aromatic rings. The van der Waals surface area contributed by atoms with E-state index in [1.165, 1.54) is 25.1 Å². The molecule has 39 heavy (non-hydrogen) atoms. The zero-order chi connectivity index (χ0) is 28.6. The number of halogens is 2. The van der Waals surface area contributed by atoms with E-state index >= 15 is 0 Å². The molecule has 196 valence electrons. The van der Waals surface area contributed by atoms with Crippen molar-refractivity contribution in [1.82, 2.24) is 0 Å². The van der Waals surface area contributed by atoms with Crippen molar-refractivity contribution in [3.05, 3.63) is 120 Å². The predicted octanol–water partition coefficient (Wildman–Crippen LogP) is 7.24. The first-order valence-corrected chi connectivity index (χ1v) is 12.1. The molecule has 4 aromatic carbocycles. The Kier molecular flexibility index (Phi) is 9.04. The van der Waals surface area contributed by atoms with Gasteiger partial charge in [0.1, 0.15) is 17.2 Å². The molecular weight excluding hydrogens is 494 g/mol. The average Bonchev–Trinajstić information content (AvgIpc) is 2.94. The molecule has 0 heterocycles. The summed E-state index contributed by atoms with van der Waals surface area (Å²) in [5.74, 6) is 3.81. The molecule has 0 spiro atoms. The number of terminal acetylenes is 2. The molecule has 0 amide bonds. The largest absolute Gasteiger partial charge is 0.442 e. The van der Waals surface area contributed by atoms with Crippen molar-refractivity contribution in [2.45, 2.75) is 32.0 Å². The minimum Gasteiger partial charge on any atom is -0.442 e. The van der Waals surface area contributed by atoms with Crippen LogP contribution in [0.15, 0.2) is 97.1 Å². The number of hydrogen-bond acceptors (Lipinski definition) is 3. The molecule has 0 saturated carbocycles. The summed E-state index contributed by atoms with van der Waals surface area (Å²) in [6.07, 6.45) is 10.8. The van der Waals surface area contributed by atoms with Crippen LogP contribution in [0.1, 0.15) is 31.9 Å². The summed E-state index contributed by atoms with van der Waals surface area (Å²) in [4.78, 5) is 11.2. The van der Waals surface area contributed by atoms with Crippen molar-refractivity contribution in [2.24, 2.45) is 0 Å². The predicted molar refractivity (Wildman–Crippen MR) is 150 cm³/mol. The third-order valence-corrected chi connectivity index (χ3v) is 6.13. The highest BCUT2D eigenvalue weighted by Crippen LogP contribution is 2.32. The van der Waals surface area contributed by atoms with Crippen molar-refractivity contribution in [2.75, 3.05) is 0 Å². The lowest BCUT2D eigenvalue weighted by Gasteiger charge is -2.24. The van der Waals surface area contributed by atoms with E-state index in [1.54, 1.807) is 74.5 Å². The Hall–Kier alpha value is -4.71. The maximum absolute atomic E-state index is 13.7. The summed E-state index contributed by atoms with van der Waals surface area (Å²) >= 11 is 0. The van der Waals surface area contributed by atoms with Crippen molar-refractivity contribution < 1.29 is 23.4 Å². The van der Waals surface area contributed by atoms with Gasteiger partial charge < -0.3 is 9.84 Å². The van der Waals surface area contributed by atoms with Crippen molar-refractivity contribution in [3.8, 4) is 46.9 Å². The summed E-state index contributed by atoms with van der Waals surface area (Å²) in [5.41, 5.74) is 1.71. The second-order valence-electron chi connectivity index (χ2n) is 9.10. The number of carbonyl (C=O) groups excluding carboxylic acids is 1. The van der Waals surface area contributed by atoms with Gasteiger partial charge in [-0.3, -0.25) is 4.79 Å². The maximum Gasteiger partial charge on any atom is 0.304 e. The summed E-state index contributed by atoms with van der Waals surface area (Å²) < 4.78 is 31.9. The summed E-state index contributed by atoms with van der Waals surface area (Å²) in [7, 11) is 0. The Balaban J connectivity index is 0.000000218. The number of benzene rings is 4. The summed E-state index contributed by atoms with van der Waals surface area (Å²) in [6.45, 7) is 4.52. The second kappa shape index (κ2) is 12.2. The highest BCUT2D eigenvalue weighted by molar-refractivity contribution is 5.69. The minimum atomic E-state index is -1.34. The topological polar surface area (TPSA) is 46.5 Å². The highest BCUT2D eigenvalue weighted by Gasteiger charge is 2.27. The van der Waals surface area contributed by atoms with Crippen LogP contribution in [0.3, 0.4) is 0 Å². The van der Waals surface area contributed by atoms with E-state index in [4.69, 9.17) is 17.6 Å². The Morgan fingerprint density at radius 2 is 1.28 bits per heavy atom. The van der Waals surface area contributed by atoms with Gasteiger partial charge in [0, 0.05) is 23.6 Å². The van der Waals surface area contributed by atoms with Gasteiger partial charge in [-0.05, 0) is 48.7 Å². The van der Waals surface area contributed by atoms with E-state index in [9.17, 15) is 18.7 Å². The molecule has 0 bridgehead atoms. The van der Waals surface area contributed by atoms with E-state index in [1.807, 2.05) is 18.2 Å². The standard InChI is InChI=1S/C18H15FO2.C16H13FO/c1-4-18(3,21-13(2)20)15-11-9-14(10-12-15)16-7-5-6-8-17(16)19;1-3-16(2,18)15-7-5-4-6-14(15)12-8-10-13(17)11-9-12/h1,5-12H,2-3H3;1,4-11,18H,2H3. The van der Waals surface area contributed by atoms with E-state index in [0.29, 0.717) is 16.7 Å². The first-order valence-electron chi connectivity index (χ1n) is 12.1. The van der Waals surface area contributed by atoms with Crippen LogP contribution in [0.2, 0.25) is 0 Å². The molecule has 0 radical (unpaired) electrons. The SMILES string of the molecule is C#CC(C)(O)c1ccccc1-c1ccc(F)cc1.C#CC(C)(OC(C)=O)c1ccc(-c2ccccc2F)cc1. The monoisotopic (exact) mass is 522 g/mol. The van der Waals surface area contributed by atoms with Gasteiger partial charge in [-0.1, -0.05) is 90.7 Å². The van der Waals surface area contributed by atoms with E-state index in [2.05, 4.69) is 11.8 Å². The second-order valence-corrected chi connectivity index (χ2v) is 9.10. The first kappa shape index (κ1) is 28.9.